The molecular formula is C19H24N4O3. The highest BCUT2D eigenvalue weighted by molar-refractivity contribution is 6.05. The van der Waals surface area contributed by atoms with Crippen LogP contribution in [0.1, 0.15) is 39.6 Å². The van der Waals surface area contributed by atoms with Crippen LogP contribution >= 0.6 is 0 Å². The number of hydrogen-bond donors (Lipinski definition) is 1. The molecule has 0 aliphatic carbocycles. The zero-order valence-electron chi connectivity index (χ0n) is 15.2. The Morgan fingerprint density at radius 2 is 2.04 bits per heavy atom. The van der Waals surface area contributed by atoms with Crippen LogP contribution in [-0.4, -0.2) is 48.7 Å². The Hall–Kier alpha value is -2.67. The molecule has 7 heteroatoms. The number of fused-ring (bicyclic) bond motifs is 1. The summed E-state index contributed by atoms with van der Waals surface area (Å²) in [5.74, 6) is -0.146. The van der Waals surface area contributed by atoms with Crippen LogP contribution in [0.5, 0.6) is 0 Å². The normalized spacial score (nSPS) is 13.2. The fourth-order valence-corrected chi connectivity index (χ4v) is 3.16. The molecule has 1 aliphatic rings. The number of amides is 2. The third-order valence-electron chi connectivity index (χ3n) is 4.56. The van der Waals surface area contributed by atoms with Crippen molar-refractivity contribution in [3.05, 3.63) is 47.5 Å². The standard InChI is InChI=1S/C19H24N4O3/c1-22(14-8-4-3-5-9-14)19(25)17-21-16(18(24)20-11-13-26-2)15-10-6-7-12-23(15)17/h3-5,8-9H,6-7,10-13H2,1-2H3,(H,20,24). The first kappa shape index (κ1) is 18.1. The first-order valence-corrected chi connectivity index (χ1v) is 8.83. The minimum absolute atomic E-state index is 0.213. The Bertz CT molecular complexity index is 786. The number of benzene rings is 1. The fourth-order valence-electron chi connectivity index (χ4n) is 3.16. The predicted octanol–water partition coefficient (Wildman–Crippen LogP) is 1.87. The lowest BCUT2D eigenvalue weighted by Gasteiger charge is -2.20. The zero-order valence-corrected chi connectivity index (χ0v) is 15.2. The van der Waals surface area contributed by atoms with Gasteiger partial charge in [0.2, 0.25) is 5.82 Å². The molecule has 26 heavy (non-hydrogen) atoms. The molecule has 0 atom stereocenters. The number of nitrogens with zero attached hydrogens (tertiary/aromatic N) is 3. The average molecular weight is 356 g/mol. The number of nitrogens with one attached hydrogen (secondary N) is 1. The van der Waals surface area contributed by atoms with Crippen molar-refractivity contribution < 1.29 is 14.3 Å². The third-order valence-corrected chi connectivity index (χ3v) is 4.56. The number of rotatable bonds is 6. The summed E-state index contributed by atoms with van der Waals surface area (Å²) in [5.41, 5.74) is 1.98. The first-order chi connectivity index (χ1) is 12.6. The van der Waals surface area contributed by atoms with Gasteiger partial charge in [-0.15, -0.1) is 0 Å². The van der Waals surface area contributed by atoms with Crippen molar-refractivity contribution in [1.29, 1.82) is 0 Å². The van der Waals surface area contributed by atoms with Gasteiger partial charge in [-0.2, -0.15) is 0 Å². The lowest BCUT2D eigenvalue weighted by Crippen LogP contribution is -2.30. The van der Waals surface area contributed by atoms with E-state index >= 15 is 0 Å². The summed E-state index contributed by atoms with van der Waals surface area (Å²) < 4.78 is 6.86. The van der Waals surface area contributed by atoms with E-state index in [4.69, 9.17) is 4.74 Å². The maximum absolute atomic E-state index is 13.0. The predicted molar refractivity (Wildman–Crippen MR) is 98.5 cm³/mol. The summed E-state index contributed by atoms with van der Waals surface area (Å²) in [6.07, 6.45) is 2.72. The molecule has 7 nitrogen and oxygen atoms in total. The van der Waals surface area contributed by atoms with E-state index in [-0.39, 0.29) is 11.8 Å². The molecule has 2 amide bonds. The van der Waals surface area contributed by atoms with Crippen LogP contribution in [0.2, 0.25) is 0 Å². The van der Waals surface area contributed by atoms with Crippen molar-refractivity contribution in [3.8, 4) is 0 Å². The van der Waals surface area contributed by atoms with Crippen molar-refractivity contribution in [2.24, 2.45) is 0 Å². The van der Waals surface area contributed by atoms with Gasteiger partial charge in [0.25, 0.3) is 11.8 Å². The van der Waals surface area contributed by atoms with Gasteiger partial charge in [0, 0.05) is 32.9 Å². The summed E-state index contributed by atoms with van der Waals surface area (Å²) in [5, 5.41) is 2.80. The van der Waals surface area contributed by atoms with E-state index in [0.717, 1.165) is 30.6 Å². The quantitative estimate of drug-likeness (QED) is 0.802. The van der Waals surface area contributed by atoms with Gasteiger partial charge < -0.3 is 19.5 Å². The highest BCUT2D eigenvalue weighted by Gasteiger charge is 2.29. The number of methoxy groups -OCH3 is 1. The van der Waals surface area contributed by atoms with Crippen LogP contribution < -0.4 is 10.2 Å². The third kappa shape index (κ3) is 3.62. The SMILES string of the molecule is COCCNC(=O)c1nc(C(=O)N(C)c2ccccc2)n2c1CCCC2. The topological polar surface area (TPSA) is 76.5 Å². The van der Waals surface area contributed by atoms with E-state index in [1.54, 1.807) is 19.1 Å². The van der Waals surface area contributed by atoms with Crippen molar-refractivity contribution in [1.82, 2.24) is 14.9 Å². The fraction of sp³-hybridized carbons (Fsp3) is 0.421. The maximum atomic E-state index is 13.0. The minimum atomic E-state index is -0.255. The van der Waals surface area contributed by atoms with E-state index in [1.807, 2.05) is 34.9 Å². The number of carbonyl (C=O) groups is 2. The molecule has 1 N–H and O–H groups in total. The Morgan fingerprint density at radius 3 is 2.77 bits per heavy atom. The highest BCUT2D eigenvalue weighted by atomic mass is 16.5. The molecule has 0 saturated heterocycles. The summed E-state index contributed by atoms with van der Waals surface area (Å²) in [6, 6.07) is 9.41. The second-order valence-electron chi connectivity index (χ2n) is 6.29. The van der Waals surface area contributed by atoms with E-state index < -0.39 is 0 Å². The van der Waals surface area contributed by atoms with Gasteiger partial charge in [-0.3, -0.25) is 9.59 Å². The lowest BCUT2D eigenvalue weighted by molar-refractivity contribution is 0.0931. The van der Waals surface area contributed by atoms with Crippen LogP contribution in [0.3, 0.4) is 0 Å². The molecule has 1 aromatic heterocycles. The Labute approximate surface area is 153 Å². The van der Waals surface area contributed by atoms with Gasteiger partial charge in [0.05, 0.1) is 12.3 Å². The van der Waals surface area contributed by atoms with E-state index in [0.29, 0.717) is 31.2 Å². The molecule has 138 valence electrons. The largest absolute Gasteiger partial charge is 0.383 e. The molecule has 0 spiro atoms. The summed E-state index contributed by atoms with van der Waals surface area (Å²) in [4.78, 5) is 31.5. The van der Waals surface area contributed by atoms with E-state index in [2.05, 4.69) is 10.3 Å². The molecule has 0 bridgehead atoms. The summed E-state index contributed by atoms with van der Waals surface area (Å²) in [7, 11) is 3.31. The van der Waals surface area contributed by atoms with Crippen LogP contribution in [0, 0.1) is 0 Å². The van der Waals surface area contributed by atoms with Crippen molar-refractivity contribution in [2.75, 3.05) is 32.2 Å². The molecule has 2 heterocycles. The molecule has 0 radical (unpaired) electrons. The highest BCUT2D eigenvalue weighted by Crippen LogP contribution is 2.23. The van der Waals surface area contributed by atoms with Crippen LogP contribution in [-0.2, 0) is 17.7 Å². The monoisotopic (exact) mass is 356 g/mol. The average Bonchev–Trinajstić information content (AvgIpc) is 3.07. The van der Waals surface area contributed by atoms with Gasteiger partial charge in [-0.25, -0.2) is 4.98 Å². The Morgan fingerprint density at radius 1 is 1.27 bits per heavy atom. The van der Waals surface area contributed by atoms with Crippen molar-refractivity contribution >= 4 is 17.5 Å². The van der Waals surface area contributed by atoms with Gasteiger partial charge >= 0.3 is 0 Å². The number of para-hydroxylation sites is 1. The van der Waals surface area contributed by atoms with E-state index in [1.165, 1.54) is 0 Å². The molecule has 2 aromatic rings. The lowest BCUT2D eigenvalue weighted by atomic mass is 10.1. The van der Waals surface area contributed by atoms with Crippen LogP contribution in [0.15, 0.2) is 30.3 Å². The summed E-state index contributed by atoms with van der Waals surface area (Å²) in [6.45, 7) is 1.55. The maximum Gasteiger partial charge on any atom is 0.294 e. The Balaban J connectivity index is 1.90. The molecule has 0 fully saturated rings. The number of aromatic nitrogens is 2. The van der Waals surface area contributed by atoms with Gasteiger partial charge in [0.15, 0.2) is 0 Å². The number of anilines is 1. The Kier molecular flexibility index (Phi) is 5.68. The molecule has 3 rings (SSSR count). The minimum Gasteiger partial charge on any atom is -0.383 e. The molecule has 1 aromatic carbocycles. The number of hydrogen-bond acceptors (Lipinski definition) is 4. The van der Waals surface area contributed by atoms with Crippen molar-refractivity contribution in [2.45, 2.75) is 25.8 Å². The van der Waals surface area contributed by atoms with E-state index in [9.17, 15) is 9.59 Å². The summed E-state index contributed by atoms with van der Waals surface area (Å²) >= 11 is 0. The molecule has 0 saturated carbocycles. The van der Waals surface area contributed by atoms with Crippen molar-refractivity contribution in [3.63, 3.8) is 0 Å². The number of ether oxygens (including phenoxy) is 1. The second kappa shape index (κ2) is 8.14. The first-order valence-electron chi connectivity index (χ1n) is 8.83. The van der Waals surface area contributed by atoms with Gasteiger partial charge in [0.1, 0.15) is 5.69 Å². The van der Waals surface area contributed by atoms with Gasteiger partial charge in [-0.1, -0.05) is 18.2 Å². The molecule has 0 unspecified atom stereocenters. The number of imidazole rings is 1. The van der Waals surface area contributed by atoms with Crippen LogP contribution in [0.4, 0.5) is 5.69 Å². The zero-order chi connectivity index (χ0) is 18.5. The smallest absolute Gasteiger partial charge is 0.294 e. The number of carbonyl (C=O) groups excluding carboxylic acids is 2. The van der Waals surface area contributed by atoms with Crippen LogP contribution in [0.25, 0.3) is 0 Å². The molecule has 1 aliphatic heterocycles. The second-order valence-corrected chi connectivity index (χ2v) is 6.29. The van der Waals surface area contributed by atoms with Gasteiger partial charge in [-0.05, 0) is 31.4 Å². The molecular weight excluding hydrogens is 332 g/mol.